The van der Waals surface area contributed by atoms with Crippen molar-refractivity contribution in [2.24, 2.45) is 0 Å². The number of anilines is 1. The summed E-state index contributed by atoms with van der Waals surface area (Å²) >= 11 is 1.36. The molecule has 0 aliphatic heterocycles. The first-order valence-electron chi connectivity index (χ1n) is 9.97. The molecule has 3 aromatic heterocycles. The summed E-state index contributed by atoms with van der Waals surface area (Å²) in [5, 5.41) is 10.1. The quantitative estimate of drug-likeness (QED) is 0.449. The number of rotatable bonds is 6. The lowest BCUT2D eigenvalue weighted by Crippen LogP contribution is -2.16. The van der Waals surface area contributed by atoms with E-state index in [0.29, 0.717) is 22.1 Å². The summed E-state index contributed by atoms with van der Waals surface area (Å²) < 4.78 is 1.99. The van der Waals surface area contributed by atoms with Crippen LogP contribution in [0.4, 0.5) is 5.95 Å². The first-order chi connectivity index (χ1) is 14.9. The number of benzene rings is 1. The first kappa shape index (κ1) is 20.9. The first-order valence-corrected chi connectivity index (χ1v) is 10.8. The summed E-state index contributed by atoms with van der Waals surface area (Å²) in [4.78, 5) is 20.2. The number of aryl methyl sites for hydroxylation is 1. The van der Waals surface area contributed by atoms with Crippen LogP contribution in [0.25, 0.3) is 17.2 Å². The van der Waals surface area contributed by atoms with E-state index in [2.05, 4.69) is 63.0 Å². The van der Waals surface area contributed by atoms with E-state index in [4.69, 9.17) is 0 Å². The second-order valence-corrected chi connectivity index (χ2v) is 8.55. The van der Waals surface area contributed by atoms with Crippen molar-refractivity contribution in [3.8, 4) is 17.2 Å². The van der Waals surface area contributed by atoms with Gasteiger partial charge in [0.2, 0.25) is 16.3 Å². The molecule has 0 spiro atoms. The Hall–Kier alpha value is -3.33. The van der Waals surface area contributed by atoms with Gasteiger partial charge in [-0.15, -0.1) is 10.2 Å². The minimum atomic E-state index is 0.181. The van der Waals surface area contributed by atoms with Crippen LogP contribution in [-0.2, 0) is 0 Å². The summed E-state index contributed by atoms with van der Waals surface area (Å²) in [5.41, 5.74) is 2.87. The summed E-state index contributed by atoms with van der Waals surface area (Å²) in [7, 11) is 3.84. The Morgan fingerprint density at radius 2 is 1.71 bits per heavy atom. The molecule has 4 rings (SSSR count). The molecule has 0 fully saturated rings. The highest BCUT2D eigenvalue weighted by molar-refractivity contribution is 7.99. The van der Waals surface area contributed by atoms with Crippen LogP contribution in [0, 0.1) is 6.92 Å². The van der Waals surface area contributed by atoms with E-state index in [9.17, 15) is 0 Å². The molecule has 0 atom stereocenters. The molecule has 8 nitrogen and oxygen atoms in total. The third-order valence-corrected chi connectivity index (χ3v) is 5.35. The van der Waals surface area contributed by atoms with Crippen molar-refractivity contribution in [3.63, 3.8) is 0 Å². The maximum Gasteiger partial charge on any atom is 0.229 e. The molecule has 4 aromatic rings. The van der Waals surface area contributed by atoms with Gasteiger partial charge in [0.05, 0.1) is 0 Å². The van der Waals surface area contributed by atoms with Crippen molar-refractivity contribution in [1.82, 2.24) is 34.7 Å². The molecule has 9 heteroatoms. The molecule has 0 radical (unpaired) electrons. The number of nitrogens with zero attached hydrogens (tertiary/aromatic N) is 8. The standard InChI is InChI=1S/C22H24N8S/c1-14(2)18-24-20(29(4)5)26-21(25-18)31-22-28-27-19(17-8-6-7-13-23-17)30(22)16-11-9-15(3)10-12-16/h6-14H,1-5H3. The Morgan fingerprint density at radius 1 is 0.935 bits per heavy atom. The van der Waals surface area contributed by atoms with Crippen LogP contribution in [0.2, 0.25) is 0 Å². The van der Waals surface area contributed by atoms with Gasteiger partial charge in [0.25, 0.3) is 0 Å². The fraction of sp³-hybridized carbons (Fsp3) is 0.273. The zero-order valence-corrected chi connectivity index (χ0v) is 19.0. The SMILES string of the molecule is Cc1ccc(-n2c(Sc3nc(C(C)C)nc(N(C)C)n3)nnc2-c2ccccn2)cc1. The van der Waals surface area contributed by atoms with Gasteiger partial charge in [0, 0.05) is 31.9 Å². The average molecular weight is 433 g/mol. The number of pyridine rings is 1. The number of hydrogen-bond donors (Lipinski definition) is 0. The van der Waals surface area contributed by atoms with Gasteiger partial charge in [0.15, 0.2) is 5.82 Å². The van der Waals surface area contributed by atoms with Crippen LogP contribution < -0.4 is 4.90 Å². The molecular formula is C22H24N8S. The monoisotopic (exact) mass is 432 g/mol. The van der Waals surface area contributed by atoms with E-state index < -0.39 is 0 Å². The molecule has 0 bridgehead atoms. The van der Waals surface area contributed by atoms with E-state index in [1.807, 2.05) is 53.9 Å². The maximum atomic E-state index is 4.66. The Balaban J connectivity index is 1.83. The Bertz CT molecular complexity index is 1140. The minimum Gasteiger partial charge on any atom is -0.347 e. The molecule has 1 aromatic carbocycles. The van der Waals surface area contributed by atoms with Gasteiger partial charge < -0.3 is 4.90 Å². The van der Waals surface area contributed by atoms with Crippen LogP contribution in [0.1, 0.15) is 31.2 Å². The van der Waals surface area contributed by atoms with Gasteiger partial charge in [-0.05, 0) is 43.0 Å². The number of aromatic nitrogens is 7. The van der Waals surface area contributed by atoms with Gasteiger partial charge in [-0.3, -0.25) is 9.55 Å². The van der Waals surface area contributed by atoms with Crippen LogP contribution in [0.15, 0.2) is 59.0 Å². The van der Waals surface area contributed by atoms with Gasteiger partial charge in [0.1, 0.15) is 11.5 Å². The molecule has 3 heterocycles. The van der Waals surface area contributed by atoms with Gasteiger partial charge in [-0.1, -0.05) is 37.6 Å². The smallest absolute Gasteiger partial charge is 0.229 e. The lowest BCUT2D eigenvalue weighted by atomic mass is 10.2. The van der Waals surface area contributed by atoms with E-state index in [-0.39, 0.29) is 5.92 Å². The lowest BCUT2D eigenvalue weighted by molar-refractivity contribution is 0.714. The summed E-state index contributed by atoms with van der Waals surface area (Å²) in [5.74, 6) is 2.21. The van der Waals surface area contributed by atoms with Crippen molar-refractivity contribution in [2.75, 3.05) is 19.0 Å². The van der Waals surface area contributed by atoms with E-state index >= 15 is 0 Å². The highest BCUT2D eigenvalue weighted by atomic mass is 32.2. The lowest BCUT2D eigenvalue weighted by Gasteiger charge is -2.14. The second kappa shape index (κ2) is 8.81. The van der Waals surface area contributed by atoms with Crippen LogP contribution in [-0.4, -0.2) is 48.8 Å². The van der Waals surface area contributed by atoms with Crippen molar-refractivity contribution >= 4 is 17.7 Å². The zero-order chi connectivity index (χ0) is 22.0. The minimum absolute atomic E-state index is 0.181. The summed E-state index contributed by atoms with van der Waals surface area (Å²) in [6.45, 7) is 6.20. The largest absolute Gasteiger partial charge is 0.347 e. The van der Waals surface area contributed by atoms with Crippen LogP contribution in [0.5, 0.6) is 0 Å². The Kier molecular flexibility index (Phi) is 5.94. The van der Waals surface area contributed by atoms with Crippen LogP contribution >= 0.6 is 11.8 Å². The van der Waals surface area contributed by atoms with Crippen molar-refractivity contribution in [2.45, 2.75) is 37.0 Å². The normalized spacial score (nSPS) is 11.2. The molecule has 0 amide bonds. The predicted octanol–water partition coefficient (Wildman–Crippen LogP) is 4.16. The average Bonchev–Trinajstić information content (AvgIpc) is 3.18. The molecule has 0 saturated carbocycles. The molecule has 0 unspecified atom stereocenters. The van der Waals surface area contributed by atoms with Crippen LogP contribution in [0.3, 0.4) is 0 Å². The molecule has 0 aliphatic rings. The number of hydrogen-bond acceptors (Lipinski definition) is 8. The maximum absolute atomic E-state index is 4.66. The fourth-order valence-corrected chi connectivity index (χ4v) is 3.66. The Labute approximate surface area is 185 Å². The molecule has 158 valence electrons. The second-order valence-electron chi connectivity index (χ2n) is 7.62. The third-order valence-electron chi connectivity index (χ3n) is 4.54. The van der Waals surface area contributed by atoms with Crippen molar-refractivity contribution in [3.05, 3.63) is 60.0 Å². The van der Waals surface area contributed by atoms with E-state index in [1.165, 1.54) is 17.3 Å². The van der Waals surface area contributed by atoms with Crippen molar-refractivity contribution in [1.29, 1.82) is 0 Å². The van der Waals surface area contributed by atoms with E-state index in [0.717, 1.165) is 17.2 Å². The fourth-order valence-electron chi connectivity index (χ4n) is 2.87. The van der Waals surface area contributed by atoms with E-state index in [1.54, 1.807) is 6.20 Å². The molecular weight excluding hydrogens is 408 g/mol. The molecule has 31 heavy (non-hydrogen) atoms. The Morgan fingerprint density at radius 3 is 2.35 bits per heavy atom. The molecule has 0 saturated heterocycles. The van der Waals surface area contributed by atoms with Gasteiger partial charge >= 0.3 is 0 Å². The molecule has 0 N–H and O–H groups in total. The van der Waals surface area contributed by atoms with Gasteiger partial charge in [-0.25, -0.2) is 4.98 Å². The van der Waals surface area contributed by atoms with Crippen molar-refractivity contribution < 1.29 is 0 Å². The highest BCUT2D eigenvalue weighted by Crippen LogP contribution is 2.31. The summed E-state index contributed by atoms with van der Waals surface area (Å²) in [6.07, 6.45) is 1.75. The predicted molar refractivity (Wildman–Crippen MR) is 122 cm³/mol. The summed E-state index contributed by atoms with van der Waals surface area (Å²) in [6, 6.07) is 14.0. The topological polar surface area (TPSA) is 85.5 Å². The van der Waals surface area contributed by atoms with Gasteiger partial charge in [-0.2, -0.15) is 9.97 Å². The molecule has 0 aliphatic carbocycles. The third kappa shape index (κ3) is 4.56. The zero-order valence-electron chi connectivity index (χ0n) is 18.2. The highest BCUT2D eigenvalue weighted by Gasteiger charge is 2.20.